The third-order valence-electron chi connectivity index (χ3n) is 2.95. The van der Waals surface area contributed by atoms with E-state index in [1.807, 2.05) is 5.32 Å². The Balaban J connectivity index is 0.00000242. The minimum Gasteiger partial charge on any atom is -0.496 e. The molecule has 1 fully saturated rings. The first-order chi connectivity index (χ1) is 9.65. The third kappa shape index (κ3) is 3.52. The summed E-state index contributed by atoms with van der Waals surface area (Å²) in [5.41, 5.74) is -1.29. The van der Waals surface area contributed by atoms with Gasteiger partial charge >= 0.3 is 18.2 Å². The molecule has 10 heteroatoms. The molecule has 1 aromatic rings. The van der Waals surface area contributed by atoms with Crippen molar-refractivity contribution in [3.8, 4) is 5.75 Å². The molecule has 0 aromatic heterocycles. The first kappa shape index (κ1) is 18.3. The van der Waals surface area contributed by atoms with Crippen LogP contribution < -0.4 is 10.1 Å². The van der Waals surface area contributed by atoms with Gasteiger partial charge in [-0.05, 0) is 12.1 Å². The van der Waals surface area contributed by atoms with Gasteiger partial charge in [0.25, 0.3) is 0 Å². The highest BCUT2D eigenvalue weighted by Crippen LogP contribution is 2.41. The highest BCUT2D eigenvalue weighted by Gasteiger charge is 2.48. The number of rotatable bonds is 2. The lowest BCUT2D eigenvalue weighted by Gasteiger charge is -2.32. The molecule has 1 aliphatic rings. The second-order valence-corrected chi connectivity index (χ2v) is 4.37. The molecule has 1 N–H and O–H groups in total. The molecule has 0 saturated carbocycles. The van der Waals surface area contributed by atoms with Crippen LogP contribution in [0.3, 0.4) is 0 Å². The molecule has 1 aliphatic heterocycles. The standard InChI is InChI=1S/C12H10F5NO3.ClH/c1-20-8-4-6(12(15,16)17)2-3-7(8)9-11(13,14)5-21-10(19)18-9;/h2-4,9H,5H2,1H3,(H,18,19);1H/t9-;/m1./s1. The SMILES string of the molecule is COc1cc(C(F)(F)F)ccc1[C@H]1NC(=O)OCC1(F)F.Cl. The van der Waals surface area contributed by atoms with Crippen molar-refractivity contribution in [2.75, 3.05) is 13.7 Å². The molecule has 0 bridgehead atoms. The normalized spacial score (nSPS) is 20.5. The summed E-state index contributed by atoms with van der Waals surface area (Å²) in [6.45, 7) is -1.16. The summed E-state index contributed by atoms with van der Waals surface area (Å²) in [6.07, 6.45) is -5.71. The molecular weight excluding hydrogens is 337 g/mol. The zero-order chi connectivity index (χ0) is 15.8. The van der Waals surface area contributed by atoms with Gasteiger partial charge < -0.3 is 14.8 Å². The molecule has 124 valence electrons. The zero-order valence-electron chi connectivity index (χ0n) is 11.0. The lowest BCUT2D eigenvalue weighted by molar-refractivity contribution is -0.137. The summed E-state index contributed by atoms with van der Waals surface area (Å²) in [7, 11) is 1.05. The summed E-state index contributed by atoms with van der Waals surface area (Å²) < 4.78 is 74.2. The number of amides is 1. The van der Waals surface area contributed by atoms with E-state index in [0.29, 0.717) is 12.1 Å². The second kappa shape index (κ2) is 6.15. The fraction of sp³-hybridized carbons (Fsp3) is 0.417. The number of alkyl halides is 5. The van der Waals surface area contributed by atoms with Gasteiger partial charge in [-0.2, -0.15) is 13.2 Å². The Morgan fingerprint density at radius 2 is 2.00 bits per heavy atom. The van der Waals surface area contributed by atoms with E-state index in [1.54, 1.807) is 0 Å². The fourth-order valence-electron chi connectivity index (χ4n) is 1.94. The highest BCUT2D eigenvalue weighted by molar-refractivity contribution is 5.85. The maximum Gasteiger partial charge on any atom is 0.416 e. The number of cyclic esters (lactones) is 1. The predicted molar refractivity (Wildman–Crippen MR) is 67.4 cm³/mol. The monoisotopic (exact) mass is 347 g/mol. The van der Waals surface area contributed by atoms with E-state index in [1.165, 1.54) is 0 Å². The number of hydrogen-bond donors (Lipinski definition) is 1. The van der Waals surface area contributed by atoms with Gasteiger partial charge in [-0.3, -0.25) is 0 Å². The van der Waals surface area contributed by atoms with Crippen LogP contribution in [0.25, 0.3) is 0 Å². The molecule has 0 radical (unpaired) electrons. The minimum atomic E-state index is -4.63. The van der Waals surface area contributed by atoms with Gasteiger partial charge in [-0.15, -0.1) is 12.4 Å². The number of ether oxygens (including phenoxy) is 2. The molecule has 22 heavy (non-hydrogen) atoms. The van der Waals surface area contributed by atoms with Crippen LogP contribution >= 0.6 is 12.4 Å². The Bertz CT molecular complexity index is 564. The van der Waals surface area contributed by atoms with E-state index >= 15 is 0 Å². The summed E-state index contributed by atoms with van der Waals surface area (Å²) in [5.74, 6) is -3.86. The average Bonchev–Trinajstić information content (AvgIpc) is 2.40. The van der Waals surface area contributed by atoms with E-state index in [4.69, 9.17) is 4.74 Å². The maximum atomic E-state index is 13.8. The van der Waals surface area contributed by atoms with Crippen molar-refractivity contribution in [3.05, 3.63) is 29.3 Å². The van der Waals surface area contributed by atoms with Gasteiger partial charge in [-0.25, -0.2) is 13.6 Å². The number of hydrogen-bond acceptors (Lipinski definition) is 3. The van der Waals surface area contributed by atoms with Gasteiger partial charge in [0, 0.05) is 5.56 Å². The Morgan fingerprint density at radius 1 is 1.36 bits per heavy atom. The largest absolute Gasteiger partial charge is 0.496 e. The summed E-state index contributed by atoms with van der Waals surface area (Å²) in [6, 6.07) is 0.282. The first-order valence-corrected chi connectivity index (χ1v) is 5.71. The molecule has 0 unspecified atom stereocenters. The number of benzene rings is 1. The Kier molecular flexibility index (Phi) is 5.11. The molecule has 0 spiro atoms. The number of carbonyl (C=O) groups excluding carboxylic acids is 1. The van der Waals surface area contributed by atoms with Gasteiger partial charge in [0.1, 0.15) is 11.8 Å². The van der Waals surface area contributed by atoms with Gasteiger partial charge in [0.2, 0.25) is 0 Å². The highest BCUT2D eigenvalue weighted by atomic mass is 35.5. The van der Waals surface area contributed by atoms with Crippen molar-refractivity contribution < 1.29 is 36.2 Å². The first-order valence-electron chi connectivity index (χ1n) is 5.71. The van der Waals surface area contributed by atoms with Crippen LogP contribution in [-0.4, -0.2) is 25.7 Å². The summed E-state index contributed by atoms with van der Waals surface area (Å²) >= 11 is 0. The Hall–Kier alpha value is -1.77. The van der Waals surface area contributed by atoms with E-state index in [0.717, 1.165) is 13.2 Å². The molecule has 1 amide bonds. The number of nitrogens with one attached hydrogen (secondary N) is 1. The van der Waals surface area contributed by atoms with Crippen LogP contribution in [0, 0.1) is 0 Å². The topological polar surface area (TPSA) is 47.6 Å². The molecule has 2 rings (SSSR count). The Labute approximate surface area is 128 Å². The zero-order valence-corrected chi connectivity index (χ0v) is 11.9. The smallest absolute Gasteiger partial charge is 0.416 e. The molecule has 0 aliphatic carbocycles. The number of halogens is 6. The van der Waals surface area contributed by atoms with Crippen LogP contribution in [0.5, 0.6) is 5.75 Å². The van der Waals surface area contributed by atoms with Gasteiger partial charge in [-0.1, -0.05) is 6.07 Å². The van der Waals surface area contributed by atoms with Gasteiger partial charge in [0.05, 0.1) is 12.7 Å². The van der Waals surface area contributed by atoms with Crippen LogP contribution in [0.1, 0.15) is 17.2 Å². The molecule has 1 saturated heterocycles. The third-order valence-corrected chi connectivity index (χ3v) is 2.95. The van der Waals surface area contributed by atoms with Crippen molar-refractivity contribution in [1.82, 2.24) is 5.32 Å². The molecule has 1 aromatic carbocycles. The Morgan fingerprint density at radius 3 is 2.55 bits per heavy atom. The van der Waals surface area contributed by atoms with E-state index in [2.05, 4.69) is 4.74 Å². The lowest BCUT2D eigenvalue weighted by Crippen LogP contribution is -2.49. The van der Waals surface area contributed by atoms with Crippen LogP contribution in [0.15, 0.2) is 18.2 Å². The van der Waals surface area contributed by atoms with Crippen molar-refractivity contribution in [3.63, 3.8) is 0 Å². The van der Waals surface area contributed by atoms with Crippen molar-refractivity contribution >= 4 is 18.5 Å². The number of carbonyl (C=O) groups is 1. The van der Waals surface area contributed by atoms with Gasteiger partial charge in [0.15, 0.2) is 6.61 Å². The molecular formula is C12H11ClF5NO3. The van der Waals surface area contributed by atoms with E-state index in [9.17, 15) is 26.7 Å². The average molecular weight is 348 g/mol. The van der Waals surface area contributed by atoms with E-state index in [-0.39, 0.29) is 18.0 Å². The molecule has 1 heterocycles. The predicted octanol–water partition coefficient (Wildman–Crippen LogP) is 3.55. The van der Waals surface area contributed by atoms with Crippen LogP contribution in [-0.2, 0) is 10.9 Å². The fourth-order valence-corrected chi connectivity index (χ4v) is 1.94. The van der Waals surface area contributed by atoms with E-state index < -0.39 is 42.2 Å². The van der Waals surface area contributed by atoms with Crippen LogP contribution in [0.2, 0.25) is 0 Å². The maximum absolute atomic E-state index is 13.8. The lowest BCUT2D eigenvalue weighted by atomic mass is 9.97. The second-order valence-electron chi connectivity index (χ2n) is 4.37. The summed E-state index contributed by atoms with van der Waals surface area (Å²) in [4.78, 5) is 11.1. The number of alkyl carbamates (subject to hydrolysis) is 1. The van der Waals surface area contributed by atoms with Crippen molar-refractivity contribution in [2.24, 2.45) is 0 Å². The number of methoxy groups -OCH3 is 1. The van der Waals surface area contributed by atoms with Crippen molar-refractivity contribution in [2.45, 2.75) is 18.1 Å². The molecule has 4 nitrogen and oxygen atoms in total. The van der Waals surface area contributed by atoms with Crippen molar-refractivity contribution in [1.29, 1.82) is 0 Å². The molecule has 1 atom stereocenters. The quantitative estimate of drug-likeness (QED) is 0.832. The van der Waals surface area contributed by atoms with Crippen LogP contribution in [0.4, 0.5) is 26.7 Å². The summed E-state index contributed by atoms with van der Waals surface area (Å²) in [5, 5.41) is 1.88. The minimum absolute atomic E-state index is 0.